The molecule has 1 aliphatic heterocycles. The molecule has 0 aliphatic carbocycles. The number of piperidine rings is 1. The quantitative estimate of drug-likeness (QED) is 0.691. The summed E-state index contributed by atoms with van der Waals surface area (Å²) < 4.78 is 26.8. The lowest BCUT2D eigenvalue weighted by Gasteiger charge is -2.28. The summed E-state index contributed by atoms with van der Waals surface area (Å²) in [5.41, 5.74) is 1.10. The number of aromatic nitrogens is 2. The second-order valence-corrected chi connectivity index (χ2v) is 6.09. The Morgan fingerprint density at radius 3 is 2.29 bits per heavy atom. The molecule has 0 radical (unpaired) electrons. The first kappa shape index (κ1) is 15.0. The molecule has 1 fully saturated rings. The minimum atomic E-state index is -0.876. The molecule has 0 amide bonds. The summed E-state index contributed by atoms with van der Waals surface area (Å²) in [6, 6.07) is 11.7. The zero-order chi connectivity index (χ0) is 16.5. The van der Waals surface area contributed by atoms with Crippen molar-refractivity contribution in [2.24, 2.45) is 0 Å². The van der Waals surface area contributed by atoms with Gasteiger partial charge in [0.15, 0.2) is 17.5 Å². The number of rotatable bonds is 2. The Labute approximate surface area is 138 Å². The van der Waals surface area contributed by atoms with Crippen LogP contribution in [-0.2, 0) is 0 Å². The molecule has 1 saturated heterocycles. The Kier molecular flexibility index (Phi) is 3.84. The third-order valence-corrected chi connectivity index (χ3v) is 4.52. The lowest BCUT2D eigenvalue weighted by molar-refractivity contribution is 0.509. The topological polar surface area (TPSA) is 29.0 Å². The van der Waals surface area contributed by atoms with Gasteiger partial charge in [0.2, 0.25) is 0 Å². The van der Waals surface area contributed by atoms with Gasteiger partial charge >= 0.3 is 0 Å². The van der Waals surface area contributed by atoms with Gasteiger partial charge in [0.1, 0.15) is 5.69 Å². The van der Waals surface area contributed by atoms with E-state index in [-0.39, 0.29) is 0 Å². The number of hydrogen-bond acceptors (Lipinski definition) is 3. The van der Waals surface area contributed by atoms with Crippen LogP contribution in [0.1, 0.15) is 19.3 Å². The van der Waals surface area contributed by atoms with Crippen LogP contribution in [0.3, 0.4) is 0 Å². The van der Waals surface area contributed by atoms with Gasteiger partial charge in [-0.25, -0.2) is 8.78 Å². The number of anilines is 1. The Morgan fingerprint density at radius 2 is 1.54 bits per heavy atom. The fourth-order valence-corrected chi connectivity index (χ4v) is 3.29. The lowest BCUT2D eigenvalue weighted by Crippen LogP contribution is -2.30. The first-order chi connectivity index (χ1) is 11.7. The van der Waals surface area contributed by atoms with Gasteiger partial charge in [0, 0.05) is 29.4 Å². The monoisotopic (exact) mass is 325 g/mol. The lowest BCUT2D eigenvalue weighted by atomic mass is 10.0. The van der Waals surface area contributed by atoms with Gasteiger partial charge in [-0.1, -0.05) is 24.3 Å². The summed E-state index contributed by atoms with van der Waals surface area (Å²) in [5.74, 6) is -0.865. The second-order valence-electron chi connectivity index (χ2n) is 6.09. The highest BCUT2D eigenvalue weighted by Gasteiger charge is 2.18. The Balaban J connectivity index is 1.87. The molecule has 4 rings (SSSR count). The minimum absolute atomic E-state index is 0.530. The predicted molar refractivity (Wildman–Crippen MR) is 91.0 cm³/mol. The highest BCUT2D eigenvalue weighted by molar-refractivity contribution is 6.00. The van der Waals surface area contributed by atoms with Gasteiger partial charge < -0.3 is 4.90 Å². The summed E-state index contributed by atoms with van der Waals surface area (Å²) in [6.07, 6.45) is 3.55. The van der Waals surface area contributed by atoms with Crippen LogP contribution >= 0.6 is 0 Å². The van der Waals surface area contributed by atoms with Crippen LogP contribution in [0.4, 0.5) is 14.6 Å². The van der Waals surface area contributed by atoms with Crippen LogP contribution < -0.4 is 4.90 Å². The standard InChI is InChI=1S/C19H17F2N3/c20-16-9-8-13(12-17(16)21)18-14-6-2-3-7-15(14)19(23-22-18)24-10-4-1-5-11-24/h2-3,6-9,12H,1,4-5,10-11H2. The van der Waals surface area contributed by atoms with Crippen molar-refractivity contribution >= 4 is 16.6 Å². The van der Waals surface area contributed by atoms with E-state index in [1.807, 2.05) is 24.3 Å². The van der Waals surface area contributed by atoms with E-state index in [1.165, 1.54) is 18.6 Å². The molecule has 0 unspecified atom stereocenters. The zero-order valence-electron chi connectivity index (χ0n) is 13.2. The van der Waals surface area contributed by atoms with E-state index >= 15 is 0 Å². The minimum Gasteiger partial charge on any atom is -0.355 e. The summed E-state index contributed by atoms with van der Waals surface area (Å²) in [5, 5.41) is 10.7. The van der Waals surface area contributed by atoms with E-state index in [4.69, 9.17) is 0 Å². The van der Waals surface area contributed by atoms with Crippen molar-refractivity contribution in [2.45, 2.75) is 19.3 Å². The summed E-state index contributed by atoms with van der Waals surface area (Å²) in [6.45, 7) is 1.95. The largest absolute Gasteiger partial charge is 0.355 e. The molecule has 1 aromatic heterocycles. The van der Waals surface area contributed by atoms with E-state index < -0.39 is 11.6 Å². The molecule has 2 heterocycles. The van der Waals surface area contributed by atoms with Crippen molar-refractivity contribution in [3.05, 3.63) is 54.1 Å². The molecule has 3 aromatic rings. The maximum absolute atomic E-state index is 13.6. The van der Waals surface area contributed by atoms with Crippen LogP contribution in [0, 0.1) is 11.6 Å². The van der Waals surface area contributed by atoms with E-state index in [0.29, 0.717) is 11.3 Å². The van der Waals surface area contributed by atoms with Gasteiger partial charge in [0.05, 0.1) is 0 Å². The maximum Gasteiger partial charge on any atom is 0.159 e. The van der Waals surface area contributed by atoms with Crippen molar-refractivity contribution in [1.82, 2.24) is 10.2 Å². The second kappa shape index (κ2) is 6.15. The third-order valence-electron chi connectivity index (χ3n) is 4.52. The fraction of sp³-hybridized carbons (Fsp3) is 0.263. The zero-order valence-corrected chi connectivity index (χ0v) is 13.2. The Bertz CT molecular complexity index is 889. The molecule has 3 nitrogen and oxygen atoms in total. The molecule has 122 valence electrons. The first-order valence-corrected chi connectivity index (χ1v) is 8.20. The van der Waals surface area contributed by atoms with Crippen LogP contribution in [0.25, 0.3) is 22.0 Å². The van der Waals surface area contributed by atoms with E-state index in [2.05, 4.69) is 15.1 Å². The number of hydrogen-bond donors (Lipinski definition) is 0. The molecule has 5 heteroatoms. The van der Waals surface area contributed by atoms with Crippen molar-refractivity contribution in [3.63, 3.8) is 0 Å². The van der Waals surface area contributed by atoms with Gasteiger partial charge in [-0.2, -0.15) is 0 Å². The van der Waals surface area contributed by atoms with Crippen molar-refractivity contribution < 1.29 is 8.78 Å². The van der Waals surface area contributed by atoms with Gasteiger partial charge in [0.25, 0.3) is 0 Å². The molecular weight excluding hydrogens is 308 g/mol. The Hall–Kier alpha value is -2.56. The van der Waals surface area contributed by atoms with Crippen molar-refractivity contribution in [1.29, 1.82) is 0 Å². The summed E-state index contributed by atoms with van der Waals surface area (Å²) >= 11 is 0. The van der Waals surface area contributed by atoms with Gasteiger partial charge in [-0.05, 0) is 37.5 Å². The average Bonchev–Trinajstić information content (AvgIpc) is 2.64. The molecule has 1 aliphatic rings. The maximum atomic E-state index is 13.6. The van der Waals surface area contributed by atoms with Crippen LogP contribution in [-0.4, -0.2) is 23.3 Å². The molecule has 0 atom stereocenters. The third kappa shape index (κ3) is 2.60. The van der Waals surface area contributed by atoms with E-state index in [1.54, 1.807) is 0 Å². The van der Waals surface area contributed by atoms with E-state index in [9.17, 15) is 8.78 Å². The first-order valence-electron chi connectivity index (χ1n) is 8.20. The van der Waals surface area contributed by atoms with E-state index in [0.717, 1.165) is 48.6 Å². The van der Waals surface area contributed by atoms with Gasteiger partial charge in [-0.15, -0.1) is 10.2 Å². The summed E-state index contributed by atoms with van der Waals surface area (Å²) in [7, 11) is 0. The van der Waals surface area contributed by atoms with Crippen molar-refractivity contribution in [3.8, 4) is 11.3 Å². The number of halogens is 2. The fourth-order valence-electron chi connectivity index (χ4n) is 3.29. The van der Waals surface area contributed by atoms with Crippen LogP contribution in [0.5, 0.6) is 0 Å². The normalized spacial score (nSPS) is 15.0. The molecule has 0 saturated carbocycles. The average molecular weight is 325 g/mol. The molecule has 0 spiro atoms. The van der Waals surface area contributed by atoms with Crippen LogP contribution in [0.2, 0.25) is 0 Å². The molecule has 24 heavy (non-hydrogen) atoms. The SMILES string of the molecule is Fc1ccc(-c2nnc(N3CCCCC3)c3ccccc23)cc1F. The molecule has 0 bridgehead atoms. The van der Waals surface area contributed by atoms with Crippen LogP contribution in [0.15, 0.2) is 42.5 Å². The van der Waals surface area contributed by atoms with Gasteiger partial charge in [-0.3, -0.25) is 0 Å². The highest BCUT2D eigenvalue weighted by Crippen LogP contribution is 2.32. The number of fused-ring (bicyclic) bond motifs is 1. The molecule has 2 aromatic carbocycles. The smallest absolute Gasteiger partial charge is 0.159 e. The molecular formula is C19H17F2N3. The Morgan fingerprint density at radius 1 is 0.792 bits per heavy atom. The molecule has 0 N–H and O–H groups in total. The number of nitrogens with zero attached hydrogens (tertiary/aromatic N) is 3. The summed E-state index contributed by atoms with van der Waals surface area (Å²) in [4.78, 5) is 2.26. The highest BCUT2D eigenvalue weighted by atomic mass is 19.2. The number of benzene rings is 2. The predicted octanol–water partition coefficient (Wildman–Crippen LogP) is 4.57. The van der Waals surface area contributed by atoms with Crippen molar-refractivity contribution in [2.75, 3.05) is 18.0 Å².